The van der Waals surface area contributed by atoms with Crippen LogP contribution in [-0.2, 0) is 6.61 Å². The molecular formula is C35H31BrN4O7. The van der Waals surface area contributed by atoms with Gasteiger partial charge < -0.3 is 14.6 Å². The number of benzene rings is 4. The molecular weight excluding hydrogens is 668 g/mol. The lowest BCUT2D eigenvalue weighted by Gasteiger charge is -2.18. The van der Waals surface area contributed by atoms with Gasteiger partial charge in [-0.3, -0.25) is 14.9 Å². The predicted molar refractivity (Wildman–Crippen MR) is 183 cm³/mol. The first-order valence-electron chi connectivity index (χ1n) is 14.7. The number of nitro groups is 1. The van der Waals surface area contributed by atoms with E-state index in [4.69, 9.17) is 19.6 Å². The number of fused-ring (bicyclic) bond motifs is 1. The molecule has 4 aromatic carbocycles. The van der Waals surface area contributed by atoms with Crippen LogP contribution in [0.2, 0.25) is 0 Å². The monoisotopic (exact) mass is 698 g/mol. The van der Waals surface area contributed by atoms with Crippen LogP contribution >= 0.6 is 15.9 Å². The fraction of sp³-hybridized carbons (Fsp3) is 0.200. The van der Waals surface area contributed by atoms with Gasteiger partial charge in [0, 0.05) is 17.2 Å². The first kappa shape index (κ1) is 33.0. The highest BCUT2D eigenvalue weighted by molar-refractivity contribution is 9.10. The number of carbonyl (C=O) groups is 1. The van der Waals surface area contributed by atoms with Crippen LogP contribution in [0.3, 0.4) is 0 Å². The molecule has 0 aliphatic heterocycles. The Balaban J connectivity index is 1.57. The number of nitro benzene ring substituents is 1. The van der Waals surface area contributed by atoms with Crippen molar-refractivity contribution in [1.29, 1.82) is 0 Å². The lowest BCUT2D eigenvalue weighted by molar-refractivity contribution is -0.386. The molecule has 0 spiro atoms. The number of carboxylic acid groups (broad SMARTS) is 1. The molecule has 47 heavy (non-hydrogen) atoms. The van der Waals surface area contributed by atoms with Crippen LogP contribution in [-0.4, -0.2) is 38.5 Å². The van der Waals surface area contributed by atoms with Gasteiger partial charge in [0.15, 0.2) is 5.82 Å². The van der Waals surface area contributed by atoms with E-state index in [1.54, 1.807) is 36.4 Å². The van der Waals surface area contributed by atoms with Crippen LogP contribution < -0.4 is 15.0 Å². The third-order valence-corrected chi connectivity index (χ3v) is 8.01. The van der Waals surface area contributed by atoms with Crippen LogP contribution in [0.5, 0.6) is 11.5 Å². The average molecular weight is 700 g/mol. The summed E-state index contributed by atoms with van der Waals surface area (Å²) in [4.78, 5) is 41.3. The fourth-order valence-electron chi connectivity index (χ4n) is 5.05. The molecule has 0 amide bonds. The number of hydrogen-bond acceptors (Lipinski definition) is 8. The second kappa shape index (κ2) is 14.0. The van der Waals surface area contributed by atoms with E-state index in [-0.39, 0.29) is 29.5 Å². The van der Waals surface area contributed by atoms with E-state index in [1.165, 1.54) is 29.1 Å². The molecule has 0 saturated carbocycles. The Hall–Kier alpha value is -5.36. The van der Waals surface area contributed by atoms with Gasteiger partial charge in [-0.15, -0.1) is 0 Å². The summed E-state index contributed by atoms with van der Waals surface area (Å²) in [5, 5.41) is 26.1. The van der Waals surface area contributed by atoms with Crippen molar-refractivity contribution in [2.45, 2.75) is 40.2 Å². The Morgan fingerprint density at radius 1 is 1.11 bits per heavy atom. The third-order valence-electron chi connectivity index (χ3n) is 7.42. The molecule has 1 heterocycles. The van der Waals surface area contributed by atoms with Crippen molar-refractivity contribution >= 4 is 44.7 Å². The number of nitrogens with zero attached hydrogens (tertiary/aromatic N) is 4. The standard InChI is InChI=1S/C35H31BrN4O7/c1-5-46-31-14-21(4)27(17-26(31)20(2)3)33-38-29-9-7-6-8-25(29)34(41)39(33)37-18-23-15-28(36)32(30(16-23)40(44)45)47-19-22-10-12-24(13-11-22)35(42)43/h6-18,20H,5,19H2,1-4H3,(H,42,43). The second-order valence-electron chi connectivity index (χ2n) is 11.0. The molecule has 1 aromatic heterocycles. The smallest absolute Gasteiger partial charge is 0.335 e. The molecule has 5 rings (SSSR count). The molecule has 0 aliphatic rings. The normalized spacial score (nSPS) is 11.4. The Morgan fingerprint density at radius 2 is 1.83 bits per heavy atom. The summed E-state index contributed by atoms with van der Waals surface area (Å²) in [5.41, 5.74) is 3.35. The first-order valence-corrected chi connectivity index (χ1v) is 15.5. The van der Waals surface area contributed by atoms with E-state index in [9.17, 15) is 19.7 Å². The van der Waals surface area contributed by atoms with Gasteiger partial charge in [0.1, 0.15) is 12.4 Å². The van der Waals surface area contributed by atoms with Gasteiger partial charge in [-0.1, -0.05) is 38.1 Å². The molecule has 1 N–H and O–H groups in total. The highest BCUT2D eigenvalue weighted by Crippen LogP contribution is 2.37. The maximum Gasteiger partial charge on any atom is 0.335 e. The van der Waals surface area contributed by atoms with Gasteiger partial charge in [0.2, 0.25) is 5.75 Å². The minimum atomic E-state index is -1.06. The Morgan fingerprint density at radius 3 is 2.49 bits per heavy atom. The minimum Gasteiger partial charge on any atom is -0.494 e. The zero-order valence-corrected chi connectivity index (χ0v) is 27.6. The van der Waals surface area contributed by atoms with Crippen LogP contribution in [0.1, 0.15) is 59.3 Å². The number of para-hydroxylation sites is 1. The van der Waals surface area contributed by atoms with Crippen LogP contribution in [0, 0.1) is 17.0 Å². The van der Waals surface area contributed by atoms with Gasteiger partial charge >= 0.3 is 11.7 Å². The van der Waals surface area contributed by atoms with Crippen molar-refractivity contribution in [3.8, 4) is 22.9 Å². The van der Waals surface area contributed by atoms with E-state index < -0.39 is 16.5 Å². The molecule has 0 radical (unpaired) electrons. The summed E-state index contributed by atoms with van der Waals surface area (Å²) in [6, 6.07) is 19.8. The Kier molecular flexibility index (Phi) is 9.80. The SMILES string of the molecule is CCOc1cc(C)c(-c2nc3ccccc3c(=O)n2N=Cc2cc(Br)c(OCc3ccc(C(=O)O)cc3)c([N+](=O)[O-])c2)cc1C(C)C. The zero-order valence-electron chi connectivity index (χ0n) is 26.1. The van der Waals surface area contributed by atoms with Gasteiger partial charge in [0.05, 0.1) is 38.7 Å². The van der Waals surface area contributed by atoms with Gasteiger partial charge in [-0.25, -0.2) is 9.78 Å². The Labute approximate surface area is 278 Å². The Bertz CT molecular complexity index is 2090. The first-order chi connectivity index (χ1) is 22.5. The van der Waals surface area contributed by atoms with Crippen LogP contribution in [0.15, 0.2) is 87.2 Å². The van der Waals surface area contributed by atoms with E-state index in [0.717, 1.165) is 16.9 Å². The highest BCUT2D eigenvalue weighted by Gasteiger charge is 2.22. The number of aromatic nitrogens is 2. The van der Waals surface area contributed by atoms with Crippen molar-refractivity contribution in [1.82, 2.24) is 9.66 Å². The summed E-state index contributed by atoms with van der Waals surface area (Å²) < 4.78 is 13.2. The molecule has 240 valence electrons. The van der Waals surface area contributed by atoms with Crippen molar-refractivity contribution < 1.29 is 24.3 Å². The van der Waals surface area contributed by atoms with Crippen LogP contribution in [0.25, 0.3) is 22.3 Å². The number of hydrogen-bond donors (Lipinski definition) is 1. The summed E-state index contributed by atoms with van der Waals surface area (Å²) in [6.07, 6.45) is 1.36. The molecule has 0 unspecified atom stereocenters. The fourth-order valence-corrected chi connectivity index (χ4v) is 5.63. The number of ether oxygens (including phenoxy) is 2. The molecule has 12 heteroatoms. The van der Waals surface area contributed by atoms with Crippen molar-refractivity contribution in [3.63, 3.8) is 0 Å². The number of aryl methyl sites for hydroxylation is 1. The molecule has 0 saturated heterocycles. The molecule has 0 atom stereocenters. The van der Waals surface area contributed by atoms with Crippen LogP contribution in [0.4, 0.5) is 5.69 Å². The maximum absolute atomic E-state index is 13.8. The average Bonchev–Trinajstić information content (AvgIpc) is 3.03. The number of halogens is 1. The van der Waals surface area contributed by atoms with Gasteiger partial charge in [-0.05, 0) is 94.9 Å². The lowest BCUT2D eigenvalue weighted by Crippen LogP contribution is -2.21. The summed E-state index contributed by atoms with van der Waals surface area (Å²) in [7, 11) is 0. The second-order valence-corrected chi connectivity index (χ2v) is 11.9. The molecule has 5 aromatic rings. The molecule has 0 aliphatic carbocycles. The quantitative estimate of drug-likeness (QED) is 0.0838. The summed E-state index contributed by atoms with van der Waals surface area (Å²) >= 11 is 3.38. The van der Waals surface area contributed by atoms with Gasteiger partial charge in [-0.2, -0.15) is 9.78 Å². The topological polar surface area (TPSA) is 146 Å². The number of carboxylic acids is 1. The summed E-state index contributed by atoms with van der Waals surface area (Å²) in [6.45, 7) is 8.43. The van der Waals surface area contributed by atoms with E-state index >= 15 is 0 Å². The minimum absolute atomic E-state index is 0.00841. The van der Waals surface area contributed by atoms with E-state index in [0.29, 0.717) is 44.5 Å². The third kappa shape index (κ3) is 7.07. The van der Waals surface area contributed by atoms with E-state index in [2.05, 4.69) is 34.9 Å². The van der Waals surface area contributed by atoms with Crippen molar-refractivity contribution in [2.24, 2.45) is 5.10 Å². The van der Waals surface area contributed by atoms with Gasteiger partial charge in [0.25, 0.3) is 5.56 Å². The zero-order chi connectivity index (χ0) is 33.8. The maximum atomic E-state index is 13.8. The highest BCUT2D eigenvalue weighted by atomic mass is 79.9. The molecule has 0 bridgehead atoms. The van der Waals surface area contributed by atoms with E-state index in [1.807, 2.05) is 32.0 Å². The summed E-state index contributed by atoms with van der Waals surface area (Å²) in [5.74, 6) is 0.138. The van der Waals surface area contributed by atoms with Crippen molar-refractivity contribution in [3.05, 3.63) is 126 Å². The largest absolute Gasteiger partial charge is 0.494 e. The number of aromatic carboxylic acids is 1. The predicted octanol–water partition coefficient (Wildman–Crippen LogP) is 7.72. The molecule has 0 fully saturated rings. The van der Waals surface area contributed by atoms with Crippen molar-refractivity contribution in [2.75, 3.05) is 6.61 Å². The number of rotatable bonds is 11. The lowest BCUT2D eigenvalue weighted by atomic mass is 9.96. The molecule has 11 nitrogen and oxygen atoms in total.